The maximum atomic E-state index is 5.36. The second-order valence-corrected chi connectivity index (χ2v) is 5.70. The molecule has 1 heterocycles. The van der Waals surface area contributed by atoms with Crippen molar-refractivity contribution >= 4 is 11.8 Å². The maximum absolute atomic E-state index is 5.36. The van der Waals surface area contributed by atoms with E-state index in [1.165, 1.54) is 0 Å². The van der Waals surface area contributed by atoms with E-state index in [4.69, 9.17) is 9.47 Å². The monoisotopic (exact) mass is 323 g/mol. The predicted octanol–water partition coefficient (Wildman–Crippen LogP) is 1.50. The van der Waals surface area contributed by atoms with E-state index in [-0.39, 0.29) is 0 Å². The summed E-state index contributed by atoms with van der Waals surface area (Å²) in [6.45, 7) is 1.66. The van der Waals surface area contributed by atoms with Gasteiger partial charge < -0.3 is 14.8 Å². The molecule has 120 valence electrons. The summed E-state index contributed by atoms with van der Waals surface area (Å²) in [6, 6.07) is 5.81. The smallest absolute Gasteiger partial charge is 0.209 e. The number of rotatable bonds is 9. The van der Waals surface area contributed by atoms with Gasteiger partial charge in [-0.25, -0.2) is 4.68 Å². The van der Waals surface area contributed by atoms with Crippen LogP contribution in [-0.4, -0.2) is 46.7 Å². The minimum atomic E-state index is 0.747. The van der Waals surface area contributed by atoms with Gasteiger partial charge >= 0.3 is 0 Å². The molecule has 0 unspecified atom stereocenters. The largest absolute Gasteiger partial charge is 0.497 e. The topological polar surface area (TPSA) is 74.1 Å². The van der Waals surface area contributed by atoms with Crippen molar-refractivity contribution in [1.29, 1.82) is 0 Å². The van der Waals surface area contributed by atoms with Crippen molar-refractivity contribution in [3.8, 4) is 11.5 Å². The van der Waals surface area contributed by atoms with Gasteiger partial charge in [0.2, 0.25) is 5.16 Å². The van der Waals surface area contributed by atoms with E-state index >= 15 is 0 Å². The molecule has 0 spiro atoms. The van der Waals surface area contributed by atoms with Crippen molar-refractivity contribution < 1.29 is 9.47 Å². The van der Waals surface area contributed by atoms with Crippen molar-refractivity contribution in [3.05, 3.63) is 23.8 Å². The number of aryl methyl sites for hydroxylation is 1. The molecule has 0 fully saturated rings. The van der Waals surface area contributed by atoms with Crippen LogP contribution in [-0.2, 0) is 13.6 Å². The highest BCUT2D eigenvalue weighted by Gasteiger charge is 2.05. The zero-order valence-corrected chi connectivity index (χ0v) is 13.9. The Kier molecular flexibility index (Phi) is 6.47. The van der Waals surface area contributed by atoms with Crippen molar-refractivity contribution in [1.82, 2.24) is 25.5 Å². The molecule has 0 aliphatic heterocycles. The molecule has 0 saturated heterocycles. The maximum Gasteiger partial charge on any atom is 0.209 e. The Morgan fingerprint density at radius 3 is 2.82 bits per heavy atom. The molecule has 0 atom stereocenters. The van der Waals surface area contributed by atoms with Gasteiger partial charge in [0.25, 0.3) is 0 Å². The summed E-state index contributed by atoms with van der Waals surface area (Å²) in [5.41, 5.74) is 1.09. The van der Waals surface area contributed by atoms with Crippen LogP contribution in [0.4, 0.5) is 0 Å². The molecular weight excluding hydrogens is 302 g/mol. The first-order valence-electron chi connectivity index (χ1n) is 7.01. The molecule has 0 aliphatic rings. The number of hydrogen-bond donors (Lipinski definition) is 1. The lowest BCUT2D eigenvalue weighted by Crippen LogP contribution is -2.16. The van der Waals surface area contributed by atoms with Crippen molar-refractivity contribution in [3.63, 3.8) is 0 Å². The first-order valence-corrected chi connectivity index (χ1v) is 8.00. The van der Waals surface area contributed by atoms with Crippen molar-refractivity contribution in [2.45, 2.75) is 18.1 Å². The first-order chi connectivity index (χ1) is 10.7. The fourth-order valence-corrected chi connectivity index (χ4v) is 2.74. The van der Waals surface area contributed by atoms with E-state index < -0.39 is 0 Å². The minimum Gasteiger partial charge on any atom is -0.497 e. The minimum absolute atomic E-state index is 0.747. The summed E-state index contributed by atoms with van der Waals surface area (Å²) in [5.74, 6) is 2.67. The van der Waals surface area contributed by atoms with E-state index in [0.717, 1.165) is 47.5 Å². The Morgan fingerprint density at radius 1 is 1.27 bits per heavy atom. The average molecular weight is 323 g/mol. The number of nitrogens with zero attached hydrogens (tertiary/aromatic N) is 4. The number of nitrogens with one attached hydrogen (secondary N) is 1. The zero-order valence-electron chi connectivity index (χ0n) is 13.1. The van der Waals surface area contributed by atoms with E-state index in [1.54, 1.807) is 30.7 Å². The van der Waals surface area contributed by atoms with Gasteiger partial charge in [-0.15, -0.1) is 5.10 Å². The Balaban J connectivity index is 1.71. The van der Waals surface area contributed by atoms with Crippen LogP contribution in [0.15, 0.2) is 23.4 Å². The molecule has 1 aromatic heterocycles. The number of hydrogen-bond acceptors (Lipinski definition) is 7. The van der Waals surface area contributed by atoms with Crippen molar-refractivity contribution in [2.75, 3.05) is 26.5 Å². The van der Waals surface area contributed by atoms with Crippen LogP contribution in [0.25, 0.3) is 0 Å². The molecule has 8 heteroatoms. The number of thioether (sulfide) groups is 1. The molecule has 2 rings (SSSR count). The quantitative estimate of drug-likeness (QED) is 0.553. The molecule has 1 aromatic carbocycles. The summed E-state index contributed by atoms with van der Waals surface area (Å²) in [6.07, 6.45) is 1.03. The van der Waals surface area contributed by atoms with Gasteiger partial charge in [0, 0.05) is 24.9 Å². The summed E-state index contributed by atoms with van der Waals surface area (Å²) in [5, 5.41) is 15.6. The zero-order chi connectivity index (χ0) is 15.8. The van der Waals surface area contributed by atoms with Crippen LogP contribution in [0, 0.1) is 0 Å². The predicted molar refractivity (Wildman–Crippen MR) is 85.4 cm³/mol. The lowest BCUT2D eigenvalue weighted by Gasteiger charge is -2.11. The standard InChI is InChI=1S/C14H21N5O2S/c1-19-14(16-17-18-19)22-8-4-7-15-10-11-9-12(20-2)5-6-13(11)21-3/h5-6,9,15H,4,7-8,10H2,1-3H3. The van der Waals surface area contributed by atoms with E-state index in [0.29, 0.717) is 0 Å². The summed E-state index contributed by atoms with van der Waals surface area (Å²) >= 11 is 1.66. The van der Waals surface area contributed by atoms with Gasteiger partial charge in [-0.2, -0.15) is 0 Å². The van der Waals surface area contributed by atoms with Crippen LogP contribution in [0.3, 0.4) is 0 Å². The summed E-state index contributed by atoms with van der Waals surface area (Å²) < 4.78 is 12.3. The number of benzene rings is 1. The Labute approximate surface area is 134 Å². The molecule has 0 saturated carbocycles. The average Bonchev–Trinajstić information content (AvgIpc) is 2.95. The van der Waals surface area contributed by atoms with Crippen LogP contribution < -0.4 is 14.8 Å². The number of tetrazole rings is 1. The number of methoxy groups -OCH3 is 2. The van der Waals surface area contributed by atoms with Gasteiger partial charge in [-0.05, 0) is 41.6 Å². The van der Waals surface area contributed by atoms with Crippen LogP contribution in [0.2, 0.25) is 0 Å². The SMILES string of the molecule is COc1ccc(OC)c(CNCCCSc2nnnn2C)c1. The van der Waals surface area contributed by atoms with Gasteiger partial charge in [-0.1, -0.05) is 11.8 Å². The highest BCUT2D eigenvalue weighted by Crippen LogP contribution is 2.23. The molecule has 2 aromatic rings. The van der Waals surface area contributed by atoms with E-state index in [1.807, 2.05) is 25.2 Å². The molecule has 0 radical (unpaired) electrons. The Morgan fingerprint density at radius 2 is 2.14 bits per heavy atom. The molecule has 0 bridgehead atoms. The van der Waals surface area contributed by atoms with Crippen LogP contribution in [0.1, 0.15) is 12.0 Å². The Bertz CT molecular complexity index is 590. The number of ether oxygens (including phenoxy) is 2. The van der Waals surface area contributed by atoms with Gasteiger partial charge in [-0.3, -0.25) is 0 Å². The fraction of sp³-hybridized carbons (Fsp3) is 0.500. The van der Waals surface area contributed by atoms with Gasteiger partial charge in [0.05, 0.1) is 14.2 Å². The molecule has 0 amide bonds. The second kappa shape index (κ2) is 8.60. The molecule has 0 aliphatic carbocycles. The summed E-state index contributed by atoms with van der Waals surface area (Å²) in [4.78, 5) is 0. The first kappa shape index (κ1) is 16.6. The third kappa shape index (κ3) is 4.60. The van der Waals surface area contributed by atoms with Gasteiger partial charge in [0.15, 0.2) is 0 Å². The highest BCUT2D eigenvalue weighted by atomic mass is 32.2. The van der Waals surface area contributed by atoms with E-state index in [9.17, 15) is 0 Å². The number of aromatic nitrogens is 4. The molecular formula is C14H21N5O2S. The molecule has 7 nitrogen and oxygen atoms in total. The third-order valence-electron chi connectivity index (χ3n) is 3.11. The Hall–Kier alpha value is -1.80. The third-order valence-corrected chi connectivity index (χ3v) is 4.21. The van der Waals surface area contributed by atoms with Crippen molar-refractivity contribution in [2.24, 2.45) is 7.05 Å². The van der Waals surface area contributed by atoms with Crippen LogP contribution >= 0.6 is 11.8 Å². The highest BCUT2D eigenvalue weighted by molar-refractivity contribution is 7.99. The van der Waals surface area contributed by atoms with E-state index in [2.05, 4.69) is 20.8 Å². The normalized spacial score (nSPS) is 10.7. The second-order valence-electron chi connectivity index (χ2n) is 4.64. The lowest BCUT2D eigenvalue weighted by atomic mass is 10.2. The van der Waals surface area contributed by atoms with Gasteiger partial charge in [0.1, 0.15) is 11.5 Å². The summed E-state index contributed by atoms with van der Waals surface area (Å²) in [7, 11) is 5.18. The lowest BCUT2D eigenvalue weighted by molar-refractivity contribution is 0.397. The molecule has 1 N–H and O–H groups in total. The van der Waals surface area contributed by atoms with Crippen LogP contribution in [0.5, 0.6) is 11.5 Å². The molecule has 22 heavy (non-hydrogen) atoms. The fourth-order valence-electron chi connectivity index (χ4n) is 1.95.